The van der Waals surface area contributed by atoms with E-state index in [0.29, 0.717) is 0 Å². The van der Waals surface area contributed by atoms with Gasteiger partial charge in [-0.1, -0.05) is 18.2 Å². The molecule has 1 aromatic carbocycles. The summed E-state index contributed by atoms with van der Waals surface area (Å²) >= 11 is 0. The number of para-hydroxylation sites is 1. The van der Waals surface area contributed by atoms with Crippen molar-refractivity contribution in [2.45, 2.75) is 12.8 Å². The van der Waals surface area contributed by atoms with Gasteiger partial charge in [0.15, 0.2) is 0 Å². The molecule has 0 spiro atoms. The van der Waals surface area contributed by atoms with E-state index in [2.05, 4.69) is 5.10 Å². The van der Waals surface area contributed by atoms with E-state index in [4.69, 9.17) is 10.5 Å². The number of nitrogens with two attached hydrogens (primary N) is 1. The average molecular weight is 229 g/mol. The summed E-state index contributed by atoms with van der Waals surface area (Å²) in [6.45, 7) is 1.47. The maximum Gasteiger partial charge on any atom is 0.130 e. The van der Waals surface area contributed by atoms with Crippen molar-refractivity contribution in [3.05, 3.63) is 41.6 Å². The highest BCUT2D eigenvalue weighted by molar-refractivity contribution is 5.50. The molecule has 4 heteroatoms. The van der Waals surface area contributed by atoms with Gasteiger partial charge in [-0.2, -0.15) is 5.10 Å². The molecule has 1 aliphatic rings. The molecule has 0 bridgehead atoms. The smallest absolute Gasteiger partial charge is 0.130 e. The SMILES string of the molecule is Nc1c2c(nn1-c1ccccc1)CCOCC2. The molecule has 3 rings (SSSR count). The molecule has 17 heavy (non-hydrogen) atoms. The maximum absolute atomic E-state index is 6.17. The summed E-state index contributed by atoms with van der Waals surface area (Å²) in [4.78, 5) is 0. The Morgan fingerprint density at radius 1 is 1.12 bits per heavy atom. The predicted molar refractivity (Wildman–Crippen MR) is 66.2 cm³/mol. The van der Waals surface area contributed by atoms with Crippen molar-refractivity contribution in [1.82, 2.24) is 9.78 Å². The first kappa shape index (κ1) is 10.4. The minimum Gasteiger partial charge on any atom is -0.383 e. The van der Waals surface area contributed by atoms with Crippen LogP contribution in [0.25, 0.3) is 5.69 Å². The van der Waals surface area contributed by atoms with Crippen LogP contribution in [0.5, 0.6) is 0 Å². The topological polar surface area (TPSA) is 53.1 Å². The standard InChI is InChI=1S/C13H15N3O/c14-13-11-6-8-17-9-7-12(11)15-16(13)10-4-2-1-3-5-10/h1-5H,6-9,14H2. The third kappa shape index (κ3) is 1.80. The summed E-state index contributed by atoms with van der Waals surface area (Å²) in [5, 5.41) is 4.59. The van der Waals surface area contributed by atoms with Crippen LogP contribution in [-0.4, -0.2) is 23.0 Å². The van der Waals surface area contributed by atoms with Crippen LogP contribution in [0.1, 0.15) is 11.3 Å². The number of nitrogen functional groups attached to an aromatic ring is 1. The summed E-state index contributed by atoms with van der Waals surface area (Å²) in [5.74, 6) is 0.747. The monoisotopic (exact) mass is 229 g/mol. The van der Waals surface area contributed by atoms with E-state index in [9.17, 15) is 0 Å². The van der Waals surface area contributed by atoms with E-state index in [1.165, 1.54) is 0 Å². The highest BCUT2D eigenvalue weighted by Gasteiger charge is 2.18. The molecule has 0 amide bonds. The molecule has 0 unspecified atom stereocenters. The lowest BCUT2D eigenvalue weighted by molar-refractivity contribution is 0.146. The van der Waals surface area contributed by atoms with Crippen LogP contribution >= 0.6 is 0 Å². The van der Waals surface area contributed by atoms with Gasteiger partial charge >= 0.3 is 0 Å². The Balaban J connectivity index is 2.08. The van der Waals surface area contributed by atoms with Crippen molar-refractivity contribution in [2.24, 2.45) is 0 Å². The lowest BCUT2D eigenvalue weighted by Crippen LogP contribution is -2.05. The van der Waals surface area contributed by atoms with Crippen molar-refractivity contribution in [3.63, 3.8) is 0 Å². The van der Waals surface area contributed by atoms with E-state index in [1.807, 2.05) is 35.0 Å². The number of rotatable bonds is 1. The molecule has 0 radical (unpaired) electrons. The van der Waals surface area contributed by atoms with Gasteiger partial charge in [0.25, 0.3) is 0 Å². The zero-order valence-corrected chi connectivity index (χ0v) is 9.60. The Hall–Kier alpha value is -1.81. The van der Waals surface area contributed by atoms with Crippen LogP contribution < -0.4 is 5.73 Å². The minimum atomic E-state index is 0.734. The first-order valence-corrected chi connectivity index (χ1v) is 5.85. The molecular weight excluding hydrogens is 214 g/mol. The molecule has 0 saturated carbocycles. The summed E-state index contributed by atoms with van der Waals surface area (Å²) in [5.41, 5.74) is 9.40. The van der Waals surface area contributed by atoms with E-state index in [0.717, 1.165) is 48.8 Å². The van der Waals surface area contributed by atoms with Gasteiger partial charge in [-0.3, -0.25) is 0 Å². The Morgan fingerprint density at radius 3 is 2.71 bits per heavy atom. The lowest BCUT2D eigenvalue weighted by Gasteiger charge is -2.04. The molecule has 2 N–H and O–H groups in total. The van der Waals surface area contributed by atoms with Crippen LogP contribution in [-0.2, 0) is 17.6 Å². The van der Waals surface area contributed by atoms with Crippen LogP contribution in [0.3, 0.4) is 0 Å². The third-order valence-corrected chi connectivity index (χ3v) is 3.09. The molecule has 0 atom stereocenters. The first-order valence-electron chi connectivity index (χ1n) is 5.85. The van der Waals surface area contributed by atoms with E-state index < -0.39 is 0 Å². The Kier molecular flexibility index (Phi) is 2.57. The fourth-order valence-corrected chi connectivity index (χ4v) is 2.20. The summed E-state index contributed by atoms with van der Waals surface area (Å²) in [6, 6.07) is 10.00. The second-order valence-electron chi connectivity index (χ2n) is 4.17. The van der Waals surface area contributed by atoms with E-state index in [-0.39, 0.29) is 0 Å². The van der Waals surface area contributed by atoms with Crippen molar-refractivity contribution < 1.29 is 4.74 Å². The molecular formula is C13H15N3O. The summed E-state index contributed by atoms with van der Waals surface area (Å²) in [6.07, 6.45) is 1.70. The van der Waals surface area contributed by atoms with Crippen molar-refractivity contribution >= 4 is 5.82 Å². The van der Waals surface area contributed by atoms with Crippen molar-refractivity contribution in [3.8, 4) is 5.69 Å². The van der Waals surface area contributed by atoms with Gasteiger partial charge in [0, 0.05) is 18.4 Å². The average Bonchev–Trinajstić information content (AvgIpc) is 2.56. The van der Waals surface area contributed by atoms with Crippen molar-refractivity contribution in [1.29, 1.82) is 0 Å². The quantitative estimate of drug-likeness (QED) is 0.807. The molecule has 0 fully saturated rings. The second kappa shape index (κ2) is 4.22. The predicted octanol–water partition coefficient (Wildman–Crippen LogP) is 1.57. The third-order valence-electron chi connectivity index (χ3n) is 3.09. The zero-order valence-electron chi connectivity index (χ0n) is 9.60. The van der Waals surface area contributed by atoms with Gasteiger partial charge in [-0.15, -0.1) is 0 Å². The number of aromatic nitrogens is 2. The van der Waals surface area contributed by atoms with Gasteiger partial charge in [-0.05, 0) is 12.1 Å². The van der Waals surface area contributed by atoms with Gasteiger partial charge in [0.05, 0.1) is 24.6 Å². The van der Waals surface area contributed by atoms with Gasteiger partial charge in [-0.25, -0.2) is 4.68 Å². The first-order chi connectivity index (χ1) is 8.36. The number of hydrogen-bond acceptors (Lipinski definition) is 3. The van der Waals surface area contributed by atoms with E-state index in [1.54, 1.807) is 0 Å². The zero-order chi connectivity index (χ0) is 11.7. The number of nitrogens with zero attached hydrogens (tertiary/aromatic N) is 2. The normalized spacial score (nSPS) is 15.3. The van der Waals surface area contributed by atoms with Crippen LogP contribution in [0.2, 0.25) is 0 Å². The largest absolute Gasteiger partial charge is 0.383 e. The fraction of sp³-hybridized carbons (Fsp3) is 0.308. The molecule has 1 aliphatic heterocycles. The second-order valence-corrected chi connectivity index (χ2v) is 4.17. The van der Waals surface area contributed by atoms with Gasteiger partial charge < -0.3 is 10.5 Å². The summed E-state index contributed by atoms with van der Waals surface area (Å²) < 4.78 is 7.26. The Morgan fingerprint density at radius 2 is 1.88 bits per heavy atom. The lowest BCUT2D eigenvalue weighted by atomic mass is 10.1. The van der Waals surface area contributed by atoms with Gasteiger partial charge in [0.2, 0.25) is 0 Å². The van der Waals surface area contributed by atoms with Gasteiger partial charge in [0.1, 0.15) is 5.82 Å². The molecule has 0 saturated heterocycles. The Bertz CT molecular complexity index is 519. The highest BCUT2D eigenvalue weighted by Crippen LogP contribution is 2.23. The maximum atomic E-state index is 6.17. The Labute approximate surface area is 100 Å². The van der Waals surface area contributed by atoms with Crippen molar-refractivity contribution in [2.75, 3.05) is 18.9 Å². The fourth-order valence-electron chi connectivity index (χ4n) is 2.20. The molecule has 2 heterocycles. The van der Waals surface area contributed by atoms with Crippen LogP contribution in [0, 0.1) is 0 Å². The molecule has 2 aromatic rings. The number of anilines is 1. The van der Waals surface area contributed by atoms with Crippen LogP contribution in [0.15, 0.2) is 30.3 Å². The number of benzene rings is 1. The highest BCUT2D eigenvalue weighted by atomic mass is 16.5. The minimum absolute atomic E-state index is 0.734. The number of hydrogen-bond donors (Lipinski definition) is 1. The number of fused-ring (bicyclic) bond motifs is 1. The molecule has 4 nitrogen and oxygen atoms in total. The molecule has 0 aliphatic carbocycles. The van der Waals surface area contributed by atoms with E-state index >= 15 is 0 Å². The number of ether oxygens (including phenoxy) is 1. The molecule has 88 valence electrons. The molecule has 1 aromatic heterocycles. The summed E-state index contributed by atoms with van der Waals surface area (Å²) in [7, 11) is 0. The van der Waals surface area contributed by atoms with Crippen LogP contribution in [0.4, 0.5) is 5.82 Å².